The summed E-state index contributed by atoms with van der Waals surface area (Å²) in [4.78, 5) is 19.2. The Kier molecular flexibility index (Phi) is 7.73. The van der Waals surface area contributed by atoms with Crippen molar-refractivity contribution in [3.8, 4) is 0 Å². The highest BCUT2D eigenvalue weighted by Crippen LogP contribution is 2.46. The van der Waals surface area contributed by atoms with Crippen molar-refractivity contribution in [3.05, 3.63) is 59.7 Å². The Balaban J connectivity index is 1.42. The van der Waals surface area contributed by atoms with Crippen molar-refractivity contribution in [2.75, 3.05) is 31.2 Å². The average Bonchev–Trinajstić information content (AvgIpc) is 2.81. The highest BCUT2D eigenvalue weighted by molar-refractivity contribution is 8.00. The number of rotatable bonds is 8. The molecule has 2 aromatic rings. The van der Waals surface area contributed by atoms with E-state index in [9.17, 15) is 4.79 Å². The second-order valence-corrected chi connectivity index (χ2v) is 10.2. The average molecular weight is 467 g/mol. The topological polar surface area (TPSA) is 82.7 Å². The number of carbonyl (C=O) groups excluding carboxylic acids is 1. The van der Waals surface area contributed by atoms with Crippen LogP contribution in [0.5, 0.6) is 0 Å². The van der Waals surface area contributed by atoms with Crippen LogP contribution in [0.1, 0.15) is 49.5 Å². The van der Waals surface area contributed by atoms with Crippen LogP contribution in [0.3, 0.4) is 0 Å². The van der Waals surface area contributed by atoms with E-state index in [1.54, 1.807) is 11.8 Å². The van der Waals surface area contributed by atoms with E-state index in [1.165, 1.54) is 0 Å². The minimum absolute atomic E-state index is 0.0197. The molecular formula is C26H34N4O2S. The number of para-hydroxylation sites is 1. The smallest absolute Gasteiger partial charge is 0.245 e. The highest BCUT2D eigenvalue weighted by atomic mass is 32.2. The Morgan fingerprint density at radius 1 is 1.06 bits per heavy atom. The van der Waals surface area contributed by atoms with Crippen LogP contribution in [0.2, 0.25) is 0 Å². The lowest BCUT2D eigenvalue weighted by molar-refractivity contribution is -0.118. The van der Waals surface area contributed by atoms with Gasteiger partial charge in [-0.3, -0.25) is 15.1 Å². The van der Waals surface area contributed by atoms with Gasteiger partial charge in [-0.2, -0.15) is 0 Å². The Bertz CT molecular complexity index is 988. The molecule has 2 heterocycles. The van der Waals surface area contributed by atoms with E-state index in [1.807, 2.05) is 47.4 Å². The van der Waals surface area contributed by atoms with Gasteiger partial charge in [0.05, 0.1) is 18.9 Å². The van der Waals surface area contributed by atoms with Crippen LogP contribution in [0.15, 0.2) is 53.4 Å². The summed E-state index contributed by atoms with van der Waals surface area (Å²) < 4.78 is 5.64. The van der Waals surface area contributed by atoms with Crippen LogP contribution in [0.25, 0.3) is 0 Å². The first-order valence-corrected chi connectivity index (χ1v) is 12.7. The lowest BCUT2D eigenvalue weighted by Gasteiger charge is -2.38. The fraction of sp³-hybridized carbons (Fsp3) is 0.462. The molecular weight excluding hydrogens is 432 g/mol. The van der Waals surface area contributed by atoms with Crippen LogP contribution in [-0.2, 0) is 9.53 Å². The van der Waals surface area contributed by atoms with Crippen molar-refractivity contribution in [1.29, 1.82) is 5.41 Å². The van der Waals surface area contributed by atoms with Gasteiger partial charge < -0.3 is 15.4 Å². The number of anilines is 1. The molecule has 6 nitrogen and oxygen atoms in total. The number of nitrogen functional groups attached to an aromatic ring is 1. The minimum Gasteiger partial charge on any atom is -0.384 e. The van der Waals surface area contributed by atoms with E-state index in [2.05, 4.69) is 24.8 Å². The number of ether oxygens (including phenoxy) is 1. The minimum atomic E-state index is -0.325. The molecule has 7 heteroatoms. The monoisotopic (exact) mass is 466 g/mol. The fourth-order valence-corrected chi connectivity index (χ4v) is 5.97. The molecule has 2 aliphatic rings. The molecule has 0 saturated carbocycles. The van der Waals surface area contributed by atoms with Gasteiger partial charge in [0, 0.05) is 29.1 Å². The van der Waals surface area contributed by atoms with Crippen molar-refractivity contribution in [1.82, 2.24) is 4.90 Å². The van der Waals surface area contributed by atoms with E-state index in [4.69, 9.17) is 15.9 Å². The molecule has 33 heavy (non-hydrogen) atoms. The number of thioether (sulfide) groups is 1. The molecule has 1 amide bonds. The number of morpholine rings is 1. The van der Waals surface area contributed by atoms with Crippen LogP contribution < -0.4 is 10.6 Å². The first kappa shape index (κ1) is 23.8. The van der Waals surface area contributed by atoms with Gasteiger partial charge in [-0.15, -0.1) is 11.8 Å². The van der Waals surface area contributed by atoms with Gasteiger partial charge in [0.25, 0.3) is 0 Å². The predicted octanol–water partition coefficient (Wildman–Crippen LogP) is 4.43. The molecule has 0 aromatic heterocycles. The fourth-order valence-electron chi connectivity index (χ4n) is 4.74. The van der Waals surface area contributed by atoms with Crippen LogP contribution >= 0.6 is 11.8 Å². The number of benzene rings is 2. The van der Waals surface area contributed by atoms with Gasteiger partial charge in [-0.05, 0) is 57.0 Å². The largest absolute Gasteiger partial charge is 0.384 e. The van der Waals surface area contributed by atoms with Gasteiger partial charge in [0.1, 0.15) is 11.1 Å². The molecule has 2 aliphatic heterocycles. The molecule has 0 radical (unpaired) electrons. The Labute approximate surface area is 201 Å². The molecule has 3 unspecified atom stereocenters. The summed E-state index contributed by atoms with van der Waals surface area (Å²) in [5, 5.41) is 7.42. The molecule has 2 aromatic carbocycles. The van der Waals surface area contributed by atoms with E-state index < -0.39 is 0 Å². The Morgan fingerprint density at radius 3 is 2.55 bits per heavy atom. The number of amidine groups is 1. The molecule has 176 valence electrons. The number of nitrogens with two attached hydrogens (primary N) is 1. The molecule has 4 rings (SSSR count). The summed E-state index contributed by atoms with van der Waals surface area (Å²) >= 11 is 1.58. The van der Waals surface area contributed by atoms with E-state index in [0.717, 1.165) is 55.2 Å². The molecule has 0 spiro atoms. The summed E-state index contributed by atoms with van der Waals surface area (Å²) in [5.74, 6) is 0.126. The number of nitrogens with zero attached hydrogens (tertiary/aromatic N) is 2. The van der Waals surface area contributed by atoms with Crippen molar-refractivity contribution in [2.24, 2.45) is 5.73 Å². The molecule has 1 saturated heterocycles. The van der Waals surface area contributed by atoms with Gasteiger partial charge in [-0.25, -0.2) is 0 Å². The first-order chi connectivity index (χ1) is 16.0. The van der Waals surface area contributed by atoms with Gasteiger partial charge in [0.2, 0.25) is 5.91 Å². The number of nitrogens with one attached hydrogen (secondary N) is 1. The van der Waals surface area contributed by atoms with Crippen LogP contribution in [-0.4, -0.2) is 55.0 Å². The van der Waals surface area contributed by atoms with E-state index in [0.29, 0.717) is 24.2 Å². The van der Waals surface area contributed by atoms with Crippen molar-refractivity contribution < 1.29 is 9.53 Å². The molecule has 3 atom stereocenters. The lowest BCUT2D eigenvalue weighted by Crippen LogP contribution is -2.49. The Hall–Kier alpha value is -2.35. The number of carbonyl (C=O) groups is 1. The van der Waals surface area contributed by atoms with Crippen LogP contribution in [0.4, 0.5) is 5.69 Å². The summed E-state index contributed by atoms with van der Waals surface area (Å²) in [6.45, 7) is 7.89. The Morgan fingerprint density at radius 2 is 1.79 bits per heavy atom. The second-order valence-electron chi connectivity index (χ2n) is 9.03. The van der Waals surface area contributed by atoms with Crippen LogP contribution in [0, 0.1) is 5.41 Å². The third kappa shape index (κ3) is 5.42. The molecule has 0 bridgehead atoms. The van der Waals surface area contributed by atoms with Crippen molar-refractivity contribution in [3.63, 3.8) is 0 Å². The molecule has 0 aliphatic carbocycles. The van der Waals surface area contributed by atoms with Gasteiger partial charge >= 0.3 is 0 Å². The number of fused-ring (bicyclic) bond motifs is 1. The predicted molar refractivity (Wildman–Crippen MR) is 135 cm³/mol. The van der Waals surface area contributed by atoms with Crippen molar-refractivity contribution in [2.45, 2.75) is 55.3 Å². The summed E-state index contributed by atoms with van der Waals surface area (Å²) in [7, 11) is 0. The van der Waals surface area contributed by atoms with Gasteiger partial charge in [-0.1, -0.05) is 36.8 Å². The summed E-state index contributed by atoms with van der Waals surface area (Å²) in [6, 6.07) is 16.6. The first-order valence-electron chi connectivity index (χ1n) is 11.8. The van der Waals surface area contributed by atoms with E-state index >= 15 is 0 Å². The van der Waals surface area contributed by atoms with E-state index in [-0.39, 0.29) is 17.0 Å². The summed E-state index contributed by atoms with van der Waals surface area (Å²) in [5.41, 5.74) is 8.24. The van der Waals surface area contributed by atoms with Gasteiger partial charge in [0.15, 0.2) is 0 Å². The zero-order chi connectivity index (χ0) is 23.4. The lowest BCUT2D eigenvalue weighted by atomic mass is 10.1. The maximum Gasteiger partial charge on any atom is 0.245 e. The highest BCUT2D eigenvalue weighted by Gasteiger charge is 2.34. The maximum atomic E-state index is 13.6. The number of amides is 1. The normalized spacial score (nSPS) is 23.4. The standard InChI is InChI=1S/C26H34N4O2S/c1-18-16-32-17-19(2)29(18)13-6-3-7-14-30-22-11-4-5-12-23(22)33-24(26(30)31)20-9-8-10-21(15-20)25(27)28/h4-5,8-12,15,18-19,24H,3,6-7,13-14,16-17H2,1-2H3,(H3,27,28). The number of hydrogen-bond donors (Lipinski definition) is 2. The third-order valence-corrected chi connectivity index (χ3v) is 7.85. The second kappa shape index (κ2) is 10.7. The molecule has 3 N–H and O–H groups in total. The summed E-state index contributed by atoms with van der Waals surface area (Å²) in [6.07, 6.45) is 3.18. The quantitative estimate of drug-likeness (QED) is 0.342. The third-order valence-electron chi connectivity index (χ3n) is 6.54. The zero-order valence-electron chi connectivity index (χ0n) is 19.5. The SMILES string of the molecule is CC1COCC(C)N1CCCCCN1C(=O)C(c2cccc(C(=N)N)c2)Sc2ccccc21. The number of hydrogen-bond acceptors (Lipinski definition) is 5. The zero-order valence-corrected chi connectivity index (χ0v) is 20.3. The van der Waals surface area contributed by atoms with Crippen molar-refractivity contribution >= 4 is 29.2 Å². The maximum absolute atomic E-state index is 13.6. The molecule has 1 fully saturated rings. The number of unbranched alkanes of at least 4 members (excludes halogenated alkanes) is 2.